The Kier molecular flexibility index (Phi) is 8.62. The summed E-state index contributed by atoms with van der Waals surface area (Å²) in [7, 11) is 3.30. The van der Waals surface area contributed by atoms with Gasteiger partial charge in [0.2, 0.25) is 0 Å². The molecule has 0 aliphatic rings. The maximum Gasteiger partial charge on any atom is 0.154 e. The Balaban J connectivity index is 0.00000341. The lowest BCUT2D eigenvalue weighted by Crippen LogP contribution is -2.30. The Morgan fingerprint density at radius 1 is 1.10 bits per heavy atom. The van der Waals surface area contributed by atoms with Crippen molar-refractivity contribution in [1.29, 1.82) is 0 Å². The van der Waals surface area contributed by atoms with Gasteiger partial charge in [0.15, 0.2) is 5.78 Å². The van der Waals surface area contributed by atoms with Crippen molar-refractivity contribution in [3.05, 3.63) is 53.2 Å². The van der Waals surface area contributed by atoms with Crippen molar-refractivity contribution in [2.45, 2.75) is 39.7 Å². The Bertz CT molecular complexity index is 1060. The molecule has 1 heterocycles. The molecule has 0 aliphatic heterocycles. The maximum atomic E-state index is 12.4. The molecule has 0 saturated carbocycles. The number of carbonyl (C=O) groups is 1. The van der Waals surface area contributed by atoms with Gasteiger partial charge < -0.3 is 15.2 Å². The van der Waals surface area contributed by atoms with E-state index >= 15 is 0 Å². The SMILES string of the molecule is CCC(N)C(=O)Cc1cc(-c2cnsc2-c2cc(C)c(C)c(OC)c2)ccc1OC.Cl. The van der Waals surface area contributed by atoms with Gasteiger partial charge in [-0.1, -0.05) is 19.1 Å². The molecule has 2 aromatic carbocycles. The largest absolute Gasteiger partial charge is 0.496 e. The minimum Gasteiger partial charge on any atom is -0.496 e. The van der Waals surface area contributed by atoms with Crippen LogP contribution in [0.15, 0.2) is 36.5 Å². The molecule has 5 nitrogen and oxygen atoms in total. The fourth-order valence-electron chi connectivity index (χ4n) is 3.45. The molecule has 0 amide bonds. The zero-order valence-corrected chi connectivity index (χ0v) is 20.2. The Labute approximate surface area is 194 Å². The average Bonchev–Trinajstić information content (AvgIpc) is 3.24. The van der Waals surface area contributed by atoms with Gasteiger partial charge in [-0.25, -0.2) is 0 Å². The molecule has 1 aromatic heterocycles. The number of carbonyl (C=O) groups excluding carboxylic acids is 1. The highest BCUT2D eigenvalue weighted by Gasteiger charge is 2.18. The van der Waals surface area contributed by atoms with Gasteiger partial charge in [0, 0.05) is 23.7 Å². The summed E-state index contributed by atoms with van der Waals surface area (Å²) in [5, 5.41) is 0. The fraction of sp³-hybridized carbons (Fsp3) is 0.333. The van der Waals surface area contributed by atoms with Crippen molar-refractivity contribution in [2.75, 3.05) is 14.2 Å². The minimum atomic E-state index is -0.459. The number of rotatable bonds is 8. The van der Waals surface area contributed by atoms with Crippen LogP contribution in [0.2, 0.25) is 0 Å². The van der Waals surface area contributed by atoms with E-state index in [2.05, 4.69) is 24.3 Å². The van der Waals surface area contributed by atoms with E-state index in [-0.39, 0.29) is 24.6 Å². The molecule has 0 spiro atoms. The third-order valence-corrected chi connectivity index (χ3v) is 6.33. The molecule has 3 rings (SSSR count). The van der Waals surface area contributed by atoms with E-state index in [9.17, 15) is 4.79 Å². The average molecular weight is 461 g/mol. The third-order valence-electron chi connectivity index (χ3n) is 5.48. The number of ketones is 1. The van der Waals surface area contributed by atoms with Gasteiger partial charge >= 0.3 is 0 Å². The molecule has 31 heavy (non-hydrogen) atoms. The van der Waals surface area contributed by atoms with Gasteiger partial charge in [0.25, 0.3) is 0 Å². The smallest absolute Gasteiger partial charge is 0.154 e. The van der Waals surface area contributed by atoms with Crippen molar-refractivity contribution in [2.24, 2.45) is 5.73 Å². The predicted octanol–water partition coefficient (Wildman–Crippen LogP) is 5.38. The van der Waals surface area contributed by atoms with Crippen molar-refractivity contribution >= 4 is 29.7 Å². The van der Waals surface area contributed by atoms with E-state index < -0.39 is 6.04 Å². The van der Waals surface area contributed by atoms with Crippen molar-refractivity contribution < 1.29 is 14.3 Å². The molecule has 0 fully saturated rings. The summed E-state index contributed by atoms with van der Waals surface area (Å²) < 4.78 is 15.5. The Morgan fingerprint density at radius 3 is 2.45 bits per heavy atom. The molecule has 0 aliphatic carbocycles. The van der Waals surface area contributed by atoms with Crippen LogP contribution in [0.5, 0.6) is 11.5 Å². The number of aryl methyl sites for hydroxylation is 1. The number of hydrogen-bond acceptors (Lipinski definition) is 6. The molecular formula is C24H29ClN2O3S. The number of benzene rings is 2. The summed E-state index contributed by atoms with van der Waals surface area (Å²) in [6.07, 6.45) is 2.73. The number of hydrogen-bond donors (Lipinski definition) is 1. The van der Waals surface area contributed by atoms with Crippen LogP contribution in [0.1, 0.15) is 30.0 Å². The lowest BCUT2D eigenvalue weighted by molar-refractivity contribution is -0.119. The van der Waals surface area contributed by atoms with Gasteiger partial charge in [-0.05, 0) is 72.3 Å². The van der Waals surface area contributed by atoms with E-state index in [1.54, 1.807) is 14.2 Å². The highest BCUT2D eigenvalue weighted by Crippen LogP contribution is 2.39. The molecule has 7 heteroatoms. The molecule has 0 saturated heterocycles. The molecule has 166 valence electrons. The summed E-state index contributed by atoms with van der Waals surface area (Å²) in [4.78, 5) is 13.5. The van der Waals surface area contributed by atoms with Gasteiger partial charge in [-0.15, -0.1) is 12.4 Å². The number of ether oxygens (including phenoxy) is 2. The number of aromatic nitrogens is 1. The quantitative estimate of drug-likeness (QED) is 0.488. The fourth-order valence-corrected chi connectivity index (χ4v) is 4.21. The molecule has 3 aromatic rings. The number of nitrogens with two attached hydrogens (primary N) is 1. The first-order valence-electron chi connectivity index (χ1n) is 9.95. The summed E-state index contributed by atoms with van der Waals surface area (Å²) in [6, 6.07) is 9.65. The van der Waals surface area contributed by atoms with Crippen LogP contribution >= 0.6 is 23.9 Å². The van der Waals surface area contributed by atoms with Gasteiger partial charge in [-0.2, -0.15) is 4.37 Å². The first kappa shape index (κ1) is 24.9. The van der Waals surface area contributed by atoms with E-state index in [4.69, 9.17) is 15.2 Å². The Hall–Kier alpha value is -2.41. The molecule has 0 bridgehead atoms. The monoisotopic (exact) mass is 460 g/mol. The normalized spacial score (nSPS) is 11.5. The first-order chi connectivity index (χ1) is 14.4. The summed E-state index contributed by atoms with van der Waals surface area (Å²) in [5.74, 6) is 1.56. The molecule has 2 N–H and O–H groups in total. The molecule has 0 radical (unpaired) electrons. The van der Waals surface area contributed by atoms with Crippen LogP contribution in [0.3, 0.4) is 0 Å². The van der Waals surface area contributed by atoms with Gasteiger partial charge in [0.05, 0.1) is 25.1 Å². The highest BCUT2D eigenvalue weighted by molar-refractivity contribution is 7.10. The van der Waals surface area contributed by atoms with E-state index in [0.717, 1.165) is 38.4 Å². The highest BCUT2D eigenvalue weighted by atomic mass is 35.5. The van der Waals surface area contributed by atoms with E-state index in [1.807, 2.05) is 37.4 Å². The molecule has 1 unspecified atom stereocenters. The molecular weight excluding hydrogens is 432 g/mol. The number of methoxy groups -OCH3 is 2. The van der Waals surface area contributed by atoms with Crippen molar-refractivity contribution in [3.8, 4) is 33.1 Å². The first-order valence-corrected chi connectivity index (χ1v) is 10.7. The van der Waals surface area contributed by atoms with Crippen LogP contribution in [-0.4, -0.2) is 30.4 Å². The standard InChI is InChI=1S/C24H28N2O3S.ClH/c1-6-20(25)21(27)11-17-10-16(7-8-22(17)28-4)19-13-26-30-24(19)18-9-14(2)15(3)23(12-18)29-5;/h7-10,12-13,20H,6,11,25H2,1-5H3;1H. The summed E-state index contributed by atoms with van der Waals surface area (Å²) in [5.41, 5.74) is 12.1. The Morgan fingerprint density at radius 2 is 1.81 bits per heavy atom. The number of nitrogens with zero attached hydrogens (tertiary/aromatic N) is 1. The predicted molar refractivity (Wildman–Crippen MR) is 130 cm³/mol. The van der Waals surface area contributed by atoms with Crippen LogP contribution < -0.4 is 15.2 Å². The second-order valence-corrected chi connectivity index (χ2v) is 8.18. The molecule has 1 atom stereocenters. The number of halogens is 1. The van der Waals surface area contributed by atoms with Crippen molar-refractivity contribution in [1.82, 2.24) is 4.37 Å². The zero-order chi connectivity index (χ0) is 21.8. The maximum absolute atomic E-state index is 12.4. The lowest BCUT2D eigenvalue weighted by Gasteiger charge is -2.14. The summed E-state index contributed by atoms with van der Waals surface area (Å²) in [6.45, 7) is 6.05. The van der Waals surface area contributed by atoms with Crippen LogP contribution in [0.4, 0.5) is 0 Å². The minimum absolute atomic E-state index is 0. The third kappa shape index (κ3) is 5.26. The summed E-state index contributed by atoms with van der Waals surface area (Å²) >= 11 is 1.45. The topological polar surface area (TPSA) is 74.4 Å². The zero-order valence-electron chi connectivity index (χ0n) is 18.5. The van der Waals surface area contributed by atoms with Crippen LogP contribution in [0, 0.1) is 13.8 Å². The van der Waals surface area contributed by atoms with E-state index in [1.165, 1.54) is 17.1 Å². The van der Waals surface area contributed by atoms with Gasteiger partial charge in [0.1, 0.15) is 11.5 Å². The second-order valence-electron chi connectivity index (χ2n) is 7.37. The second kappa shape index (κ2) is 10.8. The van der Waals surface area contributed by atoms with Gasteiger partial charge in [-0.3, -0.25) is 4.79 Å². The number of Topliss-reactive ketones (excluding diaryl/α,β-unsaturated/α-hetero) is 1. The van der Waals surface area contributed by atoms with E-state index in [0.29, 0.717) is 12.2 Å². The van der Waals surface area contributed by atoms with Crippen molar-refractivity contribution in [3.63, 3.8) is 0 Å². The lowest BCUT2D eigenvalue weighted by atomic mass is 9.96. The van der Waals surface area contributed by atoms with Crippen LogP contribution in [-0.2, 0) is 11.2 Å². The van der Waals surface area contributed by atoms with Crippen LogP contribution in [0.25, 0.3) is 21.6 Å².